The van der Waals surface area contributed by atoms with E-state index in [-0.39, 0.29) is 5.25 Å². The van der Waals surface area contributed by atoms with Crippen LogP contribution in [-0.4, -0.2) is 13.7 Å². The van der Waals surface area contributed by atoms with Crippen molar-refractivity contribution >= 4 is 9.84 Å². The molecule has 0 heterocycles. The molecule has 0 spiro atoms. The van der Waals surface area contributed by atoms with Gasteiger partial charge < -0.3 is 0 Å². The van der Waals surface area contributed by atoms with Gasteiger partial charge in [-0.05, 0) is 32.4 Å². The second-order valence-corrected chi connectivity index (χ2v) is 5.94. The molecule has 14 heavy (non-hydrogen) atoms. The largest absolute Gasteiger partial charge is 0.223 e. The number of sulfone groups is 1. The van der Waals surface area contributed by atoms with Crippen LogP contribution in [0.5, 0.6) is 0 Å². The minimum Gasteiger partial charge on any atom is -0.223 e. The molecule has 1 rings (SSSR count). The summed E-state index contributed by atoms with van der Waals surface area (Å²) in [5, 5.41) is -0.301. The molecule has 0 saturated carbocycles. The van der Waals surface area contributed by atoms with Crippen LogP contribution in [0, 0.1) is 6.92 Å². The first kappa shape index (κ1) is 11.2. The highest BCUT2D eigenvalue weighted by atomic mass is 32.2. The second-order valence-electron chi connectivity index (χ2n) is 3.58. The molecule has 1 atom stereocenters. The molecule has 0 aromatic heterocycles. The van der Waals surface area contributed by atoms with Crippen molar-refractivity contribution in [3.05, 3.63) is 29.8 Å². The van der Waals surface area contributed by atoms with Gasteiger partial charge >= 0.3 is 0 Å². The lowest BCUT2D eigenvalue weighted by Gasteiger charge is -2.10. The van der Waals surface area contributed by atoms with E-state index in [9.17, 15) is 8.42 Å². The van der Waals surface area contributed by atoms with Gasteiger partial charge in [0.25, 0.3) is 0 Å². The first-order valence-corrected chi connectivity index (χ1v) is 6.33. The Kier molecular flexibility index (Phi) is 3.32. The van der Waals surface area contributed by atoms with Crippen molar-refractivity contribution in [2.45, 2.75) is 37.3 Å². The molecule has 0 fully saturated rings. The SMILES string of the molecule is CC[C@H](C)S(=O)(=O)c1ccc(C)cc1. The third kappa shape index (κ3) is 2.15. The highest BCUT2D eigenvalue weighted by molar-refractivity contribution is 7.92. The van der Waals surface area contributed by atoms with Crippen LogP contribution in [0.2, 0.25) is 0 Å². The van der Waals surface area contributed by atoms with Gasteiger partial charge in [0.05, 0.1) is 10.1 Å². The lowest BCUT2D eigenvalue weighted by molar-refractivity contribution is 0.581. The fourth-order valence-corrected chi connectivity index (χ4v) is 2.60. The lowest BCUT2D eigenvalue weighted by Crippen LogP contribution is -2.16. The van der Waals surface area contributed by atoms with Crippen molar-refractivity contribution in [3.8, 4) is 0 Å². The summed E-state index contributed by atoms with van der Waals surface area (Å²) in [6, 6.07) is 7.01. The van der Waals surface area contributed by atoms with Crippen LogP contribution in [-0.2, 0) is 9.84 Å². The summed E-state index contributed by atoms with van der Waals surface area (Å²) in [7, 11) is -3.11. The van der Waals surface area contributed by atoms with Crippen molar-refractivity contribution in [2.75, 3.05) is 0 Å². The fraction of sp³-hybridized carbons (Fsp3) is 0.455. The molecule has 1 aromatic carbocycles. The Bertz CT molecular complexity index is 390. The summed E-state index contributed by atoms with van der Waals surface area (Å²) in [6.45, 7) is 5.57. The predicted molar refractivity (Wildman–Crippen MR) is 58.1 cm³/mol. The van der Waals surface area contributed by atoms with Gasteiger partial charge in [0.1, 0.15) is 0 Å². The van der Waals surface area contributed by atoms with Crippen molar-refractivity contribution in [3.63, 3.8) is 0 Å². The van der Waals surface area contributed by atoms with E-state index in [1.54, 1.807) is 19.1 Å². The molecule has 0 aliphatic rings. The van der Waals surface area contributed by atoms with E-state index in [4.69, 9.17) is 0 Å². The van der Waals surface area contributed by atoms with Gasteiger partial charge in [-0.15, -0.1) is 0 Å². The van der Waals surface area contributed by atoms with Crippen molar-refractivity contribution in [1.29, 1.82) is 0 Å². The Morgan fingerprint density at radius 1 is 1.21 bits per heavy atom. The zero-order valence-corrected chi connectivity index (χ0v) is 9.64. The maximum Gasteiger partial charge on any atom is 0.180 e. The zero-order chi connectivity index (χ0) is 10.8. The van der Waals surface area contributed by atoms with Gasteiger partial charge in [0.2, 0.25) is 0 Å². The molecule has 78 valence electrons. The number of hydrogen-bond donors (Lipinski definition) is 0. The van der Waals surface area contributed by atoms with E-state index in [1.165, 1.54) is 0 Å². The molecule has 0 aliphatic heterocycles. The van der Waals surface area contributed by atoms with Gasteiger partial charge in [-0.2, -0.15) is 0 Å². The van der Waals surface area contributed by atoms with E-state index in [0.717, 1.165) is 5.56 Å². The number of hydrogen-bond acceptors (Lipinski definition) is 2. The van der Waals surface area contributed by atoms with E-state index < -0.39 is 9.84 Å². The van der Waals surface area contributed by atoms with Crippen LogP contribution < -0.4 is 0 Å². The highest BCUT2D eigenvalue weighted by Gasteiger charge is 2.20. The molecule has 0 unspecified atom stereocenters. The molecule has 0 bridgehead atoms. The van der Waals surface area contributed by atoms with Gasteiger partial charge in [0.15, 0.2) is 9.84 Å². The quantitative estimate of drug-likeness (QED) is 0.771. The first-order chi connectivity index (χ1) is 6.48. The highest BCUT2D eigenvalue weighted by Crippen LogP contribution is 2.18. The van der Waals surface area contributed by atoms with Gasteiger partial charge in [-0.3, -0.25) is 0 Å². The summed E-state index contributed by atoms with van der Waals surface area (Å²) >= 11 is 0. The predicted octanol–water partition coefficient (Wildman–Crippen LogP) is 2.57. The molecule has 2 nitrogen and oxygen atoms in total. The van der Waals surface area contributed by atoms with Crippen LogP contribution in [0.4, 0.5) is 0 Å². The average Bonchev–Trinajstić information content (AvgIpc) is 2.17. The summed E-state index contributed by atoms with van der Waals surface area (Å²) in [5.41, 5.74) is 1.08. The summed E-state index contributed by atoms with van der Waals surface area (Å²) < 4.78 is 23.7. The lowest BCUT2D eigenvalue weighted by atomic mass is 10.2. The molecular formula is C11H16O2S. The number of benzene rings is 1. The third-order valence-electron chi connectivity index (χ3n) is 2.45. The Morgan fingerprint density at radius 2 is 1.71 bits per heavy atom. The van der Waals surface area contributed by atoms with E-state index >= 15 is 0 Å². The van der Waals surface area contributed by atoms with Gasteiger partial charge in [-0.25, -0.2) is 8.42 Å². The summed E-state index contributed by atoms with van der Waals surface area (Å²) in [5.74, 6) is 0. The third-order valence-corrected chi connectivity index (χ3v) is 4.78. The van der Waals surface area contributed by atoms with Crippen LogP contribution in [0.15, 0.2) is 29.2 Å². The Hall–Kier alpha value is -0.830. The summed E-state index contributed by atoms with van der Waals surface area (Å²) in [4.78, 5) is 0.428. The smallest absolute Gasteiger partial charge is 0.180 e. The van der Waals surface area contributed by atoms with Crippen LogP contribution in [0.25, 0.3) is 0 Å². The normalized spacial score (nSPS) is 13.9. The van der Waals surface area contributed by atoms with Crippen molar-refractivity contribution in [2.24, 2.45) is 0 Å². The standard InChI is InChI=1S/C11H16O2S/c1-4-10(3)14(12,13)11-7-5-9(2)6-8-11/h5-8,10H,4H2,1-3H3/t10-/m0/s1. The average molecular weight is 212 g/mol. The molecule has 0 N–H and O–H groups in total. The fourth-order valence-electron chi connectivity index (χ4n) is 1.18. The Balaban J connectivity index is 3.11. The van der Waals surface area contributed by atoms with Crippen molar-refractivity contribution < 1.29 is 8.42 Å². The zero-order valence-electron chi connectivity index (χ0n) is 8.82. The van der Waals surface area contributed by atoms with Crippen LogP contribution in [0.1, 0.15) is 25.8 Å². The minimum absolute atomic E-state index is 0.301. The van der Waals surface area contributed by atoms with E-state index in [2.05, 4.69) is 0 Å². The van der Waals surface area contributed by atoms with E-state index in [1.807, 2.05) is 26.0 Å². The summed E-state index contributed by atoms with van der Waals surface area (Å²) in [6.07, 6.45) is 0.649. The monoisotopic (exact) mass is 212 g/mol. The topological polar surface area (TPSA) is 34.1 Å². The molecule has 0 aliphatic carbocycles. The Labute approximate surface area is 85.9 Å². The second kappa shape index (κ2) is 4.13. The molecular weight excluding hydrogens is 196 g/mol. The maximum atomic E-state index is 11.9. The van der Waals surface area contributed by atoms with Crippen molar-refractivity contribution in [1.82, 2.24) is 0 Å². The Morgan fingerprint density at radius 3 is 2.14 bits per heavy atom. The molecule has 1 aromatic rings. The molecule has 0 saturated heterocycles. The van der Waals surface area contributed by atoms with Gasteiger partial charge in [0, 0.05) is 0 Å². The molecule has 3 heteroatoms. The first-order valence-electron chi connectivity index (χ1n) is 4.79. The minimum atomic E-state index is -3.11. The van der Waals surface area contributed by atoms with E-state index in [0.29, 0.717) is 11.3 Å². The number of aryl methyl sites for hydroxylation is 1. The molecule has 0 radical (unpaired) electrons. The number of rotatable bonds is 3. The molecule has 0 amide bonds. The van der Waals surface area contributed by atoms with Crippen LogP contribution >= 0.6 is 0 Å². The van der Waals surface area contributed by atoms with Gasteiger partial charge in [-0.1, -0.05) is 24.6 Å². The van der Waals surface area contributed by atoms with Crippen LogP contribution in [0.3, 0.4) is 0 Å². The maximum absolute atomic E-state index is 11.9.